The third-order valence-electron chi connectivity index (χ3n) is 2.73. The highest BCUT2D eigenvalue weighted by Gasteiger charge is 2.10. The molecular formula is C13H11Br2ClN2O2S. The minimum absolute atomic E-state index is 0.0198. The maximum absolute atomic E-state index is 11.3. The van der Waals surface area contributed by atoms with E-state index < -0.39 is 10.0 Å². The van der Waals surface area contributed by atoms with Crippen LogP contribution < -0.4 is 10.5 Å². The predicted octanol–water partition coefficient (Wildman–Crippen LogP) is 4.12. The van der Waals surface area contributed by atoms with Crippen molar-refractivity contribution >= 4 is 59.2 Å². The summed E-state index contributed by atoms with van der Waals surface area (Å²) in [5.41, 5.74) is 1.53. The SMILES string of the molecule is NS(=O)(=O)c1ccc(Cl)c(NCc2ccc(Br)c(Br)c2)c1. The number of primary sulfonamides is 1. The van der Waals surface area contributed by atoms with Gasteiger partial charge in [0.2, 0.25) is 10.0 Å². The molecule has 2 aromatic carbocycles. The summed E-state index contributed by atoms with van der Waals surface area (Å²) in [5.74, 6) is 0. The van der Waals surface area contributed by atoms with Gasteiger partial charge < -0.3 is 5.32 Å². The summed E-state index contributed by atoms with van der Waals surface area (Å²) in [4.78, 5) is 0.0198. The Kier molecular flexibility index (Phi) is 5.32. The Morgan fingerprint density at radius 1 is 1.10 bits per heavy atom. The maximum Gasteiger partial charge on any atom is 0.238 e. The summed E-state index contributed by atoms with van der Waals surface area (Å²) < 4.78 is 24.6. The maximum atomic E-state index is 11.3. The second-order valence-electron chi connectivity index (χ2n) is 4.29. The molecule has 3 N–H and O–H groups in total. The van der Waals surface area contributed by atoms with Crippen molar-refractivity contribution in [2.75, 3.05) is 5.32 Å². The molecule has 0 bridgehead atoms. The fourth-order valence-electron chi connectivity index (χ4n) is 1.66. The van der Waals surface area contributed by atoms with Crippen LogP contribution in [-0.4, -0.2) is 8.42 Å². The molecule has 0 spiro atoms. The lowest BCUT2D eigenvalue weighted by Gasteiger charge is -2.10. The van der Waals surface area contributed by atoms with E-state index in [9.17, 15) is 8.42 Å². The quantitative estimate of drug-likeness (QED) is 0.730. The molecule has 0 fully saturated rings. The topological polar surface area (TPSA) is 72.2 Å². The van der Waals surface area contributed by atoms with E-state index in [1.165, 1.54) is 18.2 Å². The molecule has 2 rings (SSSR count). The van der Waals surface area contributed by atoms with Crippen molar-refractivity contribution in [1.29, 1.82) is 0 Å². The number of sulfonamides is 1. The van der Waals surface area contributed by atoms with Gasteiger partial charge in [-0.25, -0.2) is 13.6 Å². The lowest BCUT2D eigenvalue weighted by atomic mass is 10.2. The molecule has 0 aliphatic rings. The molecule has 112 valence electrons. The standard InChI is InChI=1S/C13H11Br2ClN2O2S/c14-10-3-1-8(5-11(10)15)7-18-13-6-9(21(17,19)20)2-4-12(13)16/h1-6,18H,7H2,(H2,17,19,20). The molecule has 2 aromatic rings. The molecule has 0 amide bonds. The average Bonchev–Trinajstić information content (AvgIpc) is 2.40. The van der Waals surface area contributed by atoms with Gasteiger partial charge in [-0.15, -0.1) is 0 Å². The van der Waals surface area contributed by atoms with Gasteiger partial charge in [0, 0.05) is 15.5 Å². The van der Waals surface area contributed by atoms with Gasteiger partial charge in [-0.2, -0.15) is 0 Å². The zero-order chi connectivity index (χ0) is 15.6. The first-order valence-electron chi connectivity index (χ1n) is 5.77. The van der Waals surface area contributed by atoms with E-state index in [0.717, 1.165) is 14.5 Å². The van der Waals surface area contributed by atoms with E-state index in [1.54, 1.807) is 0 Å². The van der Waals surface area contributed by atoms with Crippen LogP contribution in [-0.2, 0) is 16.6 Å². The van der Waals surface area contributed by atoms with Crippen molar-refractivity contribution in [3.63, 3.8) is 0 Å². The van der Waals surface area contributed by atoms with Crippen LogP contribution >= 0.6 is 43.5 Å². The van der Waals surface area contributed by atoms with Crippen LogP contribution in [0.15, 0.2) is 50.2 Å². The van der Waals surface area contributed by atoms with Crippen molar-refractivity contribution < 1.29 is 8.42 Å². The van der Waals surface area contributed by atoms with E-state index in [0.29, 0.717) is 17.3 Å². The average molecular weight is 455 g/mol. The van der Waals surface area contributed by atoms with Crippen LogP contribution in [0.25, 0.3) is 0 Å². The summed E-state index contributed by atoms with van der Waals surface area (Å²) in [7, 11) is -3.75. The van der Waals surface area contributed by atoms with E-state index in [1.807, 2.05) is 18.2 Å². The number of nitrogens with two attached hydrogens (primary N) is 1. The molecule has 0 heterocycles. The first-order chi connectivity index (χ1) is 9.77. The molecule has 0 aliphatic carbocycles. The van der Waals surface area contributed by atoms with E-state index >= 15 is 0 Å². The summed E-state index contributed by atoms with van der Waals surface area (Å²) in [5, 5.41) is 8.64. The molecular weight excluding hydrogens is 443 g/mol. The highest BCUT2D eigenvalue weighted by Crippen LogP contribution is 2.27. The Bertz CT molecular complexity index is 782. The molecule has 0 saturated carbocycles. The third-order valence-corrected chi connectivity index (χ3v) is 5.85. The highest BCUT2D eigenvalue weighted by atomic mass is 79.9. The number of rotatable bonds is 4. The van der Waals surface area contributed by atoms with Crippen LogP contribution in [0.1, 0.15) is 5.56 Å². The fourth-order valence-corrected chi connectivity index (χ4v) is 3.06. The van der Waals surface area contributed by atoms with Gasteiger partial charge in [0.15, 0.2) is 0 Å². The second-order valence-corrected chi connectivity index (χ2v) is 7.97. The Morgan fingerprint density at radius 3 is 2.43 bits per heavy atom. The van der Waals surface area contributed by atoms with Crippen molar-refractivity contribution in [3.8, 4) is 0 Å². The van der Waals surface area contributed by atoms with Gasteiger partial charge in [0.05, 0.1) is 15.6 Å². The van der Waals surface area contributed by atoms with E-state index in [4.69, 9.17) is 16.7 Å². The van der Waals surface area contributed by atoms with Gasteiger partial charge in [-0.1, -0.05) is 17.7 Å². The normalized spacial score (nSPS) is 11.4. The molecule has 0 unspecified atom stereocenters. The lowest BCUT2D eigenvalue weighted by molar-refractivity contribution is 0.598. The van der Waals surface area contributed by atoms with Gasteiger partial charge in [0.1, 0.15) is 0 Å². The summed E-state index contributed by atoms with van der Waals surface area (Å²) in [6, 6.07) is 10.1. The molecule has 8 heteroatoms. The van der Waals surface area contributed by atoms with E-state index in [-0.39, 0.29) is 4.90 Å². The smallest absolute Gasteiger partial charge is 0.238 e. The molecule has 0 saturated heterocycles. The van der Waals surface area contributed by atoms with Crippen molar-refractivity contribution in [2.24, 2.45) is 5.14 Å². The largest absolute Gasteiger partial charge is 0.380 e. The highest BCUT2D eigenvalue weighted by molar-refractivity contribution is 9.13. The van der Waals surface area contributed by atoms with Gasteiger partial charge in [-0.05, 0) is 67.8 Å². The molecule has 0 atom stereocenters. The lowest BCUT2D eigenvalue weighted by Crippen LogP contribution is -2.12. The van der Waals surface area contributed by atoms with Gasteiger partial charge in [0.25, 0.3) is 0 Å². The minimum Gasteiger partial charge on any atom is -0.380 e. The Balaban J connectivity index is 2.21. The van der Waals surface area contributed by atoms with Crippen molar-refractivity contribution in [2.45, 2.75) is 11.4 Å². The first-order valence-corrected chi connectivity index (χ1v) is 9.28. The Hall–Kier alpha value is -0.600. The van der Waals surface area contributed by atoms with Crippen LogP contribution in [0.4, 0.5) is 5.69 Å². The van der Waals surface area contributed by atoms with Crippen molar-refractivity contribution in [3.05, 3.63) is 55.9 Å². The van der Waals surface area contributed by atoms with Crippen LogP contribution in [0, 0.1) is 0 Å². The minimum atomic E-state index is -3.75. The summed E-state index contributed by atoms with van der Waals surface area (Å²) in [6.07, 6.45) is 0. The molecule has 4 nitrogen and oxygen atoms in total. The number of anilines is 1. The first kappa shape index (κ1) is 16.8. The van der Waals surface area contributed by atoms with Gasteiger partial charge in [-0.3, -0.25) is 0 Å². The zero-order valence-electron chi connectivity index (χ0n) is 10.6. The number of halogens is 3. The molecule has 0 radical (unpaired) electrons. The number of benzene rings is 2. The number of nitrogens with one attached hydrogen (secondary N) is 1. The fraction of sp³-hybridized carbons (Fsp3) is 0.0769. The van der Waals surface area contributed by atoms with Crippen molar-refractivity contribution in [1.82, 2.24) is 0 Å². The van der Waals surface area contributed by atoms with Crippen LogP contribution in [0.3, 0.4) is 0 Å². The third kappa shape index (κ3) is 4.43. The number of hydrogen-bond acceptors (Lipinski definition) is 3. The number of hydrogen-bond donors (Lipinski definition) is 2. The van der Waals surface area contributed by atoms with Gasteiger partial charge >= 0.3 is 0 Å². The summed E-state index contributed by atoms with van der Waals surface area (Å²) >= 11 is 12.9. The predicted molar refractivity (Wildman–Crippen MR) is 92.0 cm³/mol. The van der Waals surface area contributed by atoms with Crippen LogP contribution in [0.2, 0.25) is 5.02 Å². The second kappa shape index (κ2) is 6.66. The molecule has 0 aliphatic heterocycles. The molecule has 0 aromatic heterocycles. The molecule has 21 heavy (non-hydrogen) atoms. The van der Waals surface area contributed by atoms with E-state index in [2.05, 4.69) is 37.2 Å². The monoisotopic (exact) mass is 452 g/mol. The zero-order valence-corrected chi connectivity index (χ0v) is 15.4. The Labute approximate surface area is 145 Å². The summed E-state index contributed by atoms with van der Waals surface area (Å²) in [6.45, 7) is 0.500. The Morgan fingerprint density at radius 2 is 1.81 bits per heavy atom. The van der Waals surface area contributed by atoms with Crippen LogP contribution in [0.5, 0.6) is 0 Å².